The van der Waals surface area contributed by atoms with Crippen molar-refractivity contribution in [3.63, 3.8) is 0 Å². The molecular weight excluding hydrogens is 323 g/mol. The Balaban J connectivity index is 2.17. The molecule has 0 amide bonds. The monoisotopic (exact) mass is 336 g/mol. The van der Waals surface area contributed by atoms with Crippen molar-refractivity contribution in [1.82, 2.24) is 0 Å². The second-order valence-corrected chi connectivity index (χ2v) is 6.03. The van der Waals surface area contributed by atoms with E-state index in [0.717, 1.165) is 27.1 Å². The Morgan fingerprint density at radius 2 is 1.58 bits per heavy atom. The fourth-order valence-electron chi connectivity index (χ4n) is 3.21. The van der Waals surface area contributed by atoms with Gasteiger partial charge >= 0.3 is 0 Å². The van der Waals surface area contributed by atoms with E-state index in [2.05, 4.69) is 12.1 Å². The SMILES string of the molecule is COc1ccc2c(ccc3ccccc32)c1-c1cccc(Cl)c1F. The topological polar surface area (TPSA) is 9.23 Å². The molecule has 3 heteroatoms. The maximum atomic E-state index is 14.7. The molecule has 0 N–H and O–H groups in total. The standard InChI is InChI=1S/C21H14ClFO/c1-24-19-12-11-15-14-6-3-2-5-13(14)9-10-16(15)20(19)17-7-4-8-18(22)21(17)23/h2-12H,1H3. The summed E-state index contributed by atoms with van der Waals surface area (Å²) < 4.78 is 20.2. The van der Waals surface area contributed by atoms with Crippen LogP contribution in [0.5, 0.6) is 5.75 Å². The highest BCUT2D eigenvalue weighted by molar-refractivity contribution is 6.31. The average Bonchev–Trinajstić information content (AvgIpc) is 2.63. The molecule has 0 radical (unpaired) electrons. The lowest BCUT2D eigenvalue weighted by atomic mass is 9.93. The number of methoxy groups -OCH3 is 1. The number of hydrogen-bond donors (Lipinski definition) is 0. The van der Waals surface area contributed by atoms with Gasteiger partial charge in [0.25, 0.3) is 0 Å². The zero-order valence-electron chi connectivity index (χ0n) is 13.0. The molecule has 0 atom stereocenters. The summed E-state index contributed by atoms with van der Waals surface area (Å²) in [6.45, 7) is 0. The van der Waals surface area contributed by atoms with Gasteiger partial charge in [-0.25, -0.2) is 4.39 Å². The van der Waals surface area contributed by atoms with Crippen molar-refractivity contribution in [2.45, 2.75) is 0 Å². The van der Waals surface area contributed by atoms with Gasteiger partial charge in [-0.3, -0.25) is 0 Å². The van der Waals surface area contributed by atoms with E-state index >= 15 is 0 Å². The summed E-state index contributed by atoms with van der Waals surface area (Å²) in [5, 5.41) is 4.37. The first-order chi connectivity index (χ1) is 11.7. The molecule has 24 heavy (non-hydrogen) atoms. The van der Waals surface area contributed by atoms with Gasteiger partial charge in [0.15, 0.2) is 0 Å². The summed E-state index contributed by atoms with van der Waals surface area (Å²) in [7, 11) is 1.59. The first kappa shape index (κ1) is 15.0. The Bertz CT molecular complexity index is 1070. The van der Waals surface area contributed by atoms with E-state index in [0.29, 0.717) is 11.3 Å². The lowest BCUT2D eigenvalue weighted by Gasteiger charge is -2.15. The highest BCUT2D eigenvalue weighted by Gasteiger charge is 2.17. The minimum atomic E-state index is -0.432. The second-order valence-electron chi connectivity index (χ2n) is 5.63. The second kappa shape index (κ2) is 5.81. The molecule has 0 aliphatic rings. The van der Waals surface area contributed by atoms with Gasteiger partial charge in [-0.2, -0.15) is 0 Å². The molecule has 118 valence electrons. The van der Waals surface area contributed by atoms with E-state index < -0.39 is 5.82 Å². The average molecular weight is 337 g/mol. The predicted molar refractivity (Wildman–Crippen MR) is 98.4 cm³/mol. The van der Waals surface area contributed by atoms with E-state index in [-0.39, 0.29) is 5.02 Å². The third-order valence-corrected chi connectivity index (χ3v) is 4.62. The van der Waals surface area contributed by atoms with Crippen LogP contribution in [0.25, 0.3) is 32.7 Å². The van der Waals surface area contributed by atoms with Gasteiger partial charge in [-0.15, -0.1) is 0 Å². The first-order valence-corrected chi connectivity index (χ1v) is 8.01. The molecule has 0 saturated heterocycles. The number of halogens is 2. The van der Waals surface area contributed by atoms with E-state index in [1.165, 1.54) is 0 Å². The van der Waals surface area contributed by atoms with Crippen molar-refractivity contribution in [3.05, 3.63) is 77.6 Å². The van der Waals surface area contributed by atoms with Crippen LogP contribution in [0.2, 0.25) is 5.02 Å². The molecule has 0 unspecified atom stereocenters. The van der Waals surface area contributed by atoms with Gasteiger partial charge in [0.05, 0.1) is 12.1 Å². The summed E-state index contributed by atoms with van der Waals surface area (Å²) in [4.78, 5) is 0. The fourth-order valence-corrected chi connectivity index (χ4v) is 3.39. The summed E-state index contributed by atoms with van der Waals surface area (Å²) in [6.07, 6.45) is 0. The maximum Gasteiger partial charge on any atom is 0.149 e. The predicted octanol–water partition coefficient (Wildman–Crippen LogP) is 6.46. The molecule has 0 heterocycles. The normalized spacial score (nSPS) is 11.1. The van der Waals surface area contributed by atoms with Crippen LogP contribution in [0.4, 0.5) is 4.39 Å². The van der Waals surface area contributed by atoms with Crippen molar-refractivity contribution >= 4 is 33.1 Å². The molecule has 0 aromatic heterocycles. The molecule has 4 aromatic carbocycles. The van der Waals surface area contributed by atoms with E-state index in [4.69, 9.17) is 16.3 Å². The minimum absolute atomic E-state index is 0.104. The molecule has 0 aliphatic heterocycles. The van der Waals surface area contributed by atoms with E-state index in [1.807, 2.05) is 36.4 Å². The molecule has 4 rings (SSSR count). The Labute approximate surface area is 144 Å². The van der Waals surface area contributed by atoms with Crippen LogP contribution < -0.4 is 4.74 Å². The minimum Gasteiger partial charge on any atom is -0.496 e. The lowest BCUT2D eigenvalue weighted by molar-refractivity contribution is 0.416. The van der Waals surface area contributed by atoms with Crippen LogP contribution in [0.15, 0.2) is 66.7 Å². The smallest absolute Gasteiger partial charge is 0.149 e. The van der Waals surface area contributed by atoms with E-state index in [9.17, 15) is 4.39 Å². The molecule has 1 nitrogen and oxygen atoms in total. The number of rotatable bonds is 2. The van der Waals surface area contributed by atoms with Crippen LogP contribution in [0.1, 0.15) is 0 Å². The van der Waals surface area contributed by atoms with Crippen LogP contribution in [0, 0.1) is 5.82 Å². The largest absolute Gasteiger partial charge is 0.496 e. The quantitative estimate of drug-likeness (QED) is 0.382. The Hall–Kier alpha value is -2.58. The summed E-state index contributed by atoms with van der Waals surface area (Å²) in [6, 6.07) is 21.1. The van der Waals surface area contributed by atoms with Gasteiger partial charge in [0, 0.05) is 11.1 Å². The molecular formula is C21H14ClFO. The molecule has 4 aromatic rings. The van der Waals surface area contributed by atoms with Crippen molar-refractivity contribution in [3.8, 4) is 16.9 Å². The summed E-state index contributed by atoms with van der Waals surface area (Å²) in [5.74, 6) is 0.192. The zero-order chi connectivity index (χ0) is 16.7. The first-order valence-electron chi connectivity index (χ1n) is 7.63. The maximum absolute atomic E-state index is 14.7. The Kier molecular flexibility index (Phi) is 3.62. The fraction of sp³-hybridized carbons (Fsp3) is 0.0476. The number of benzene rings is 4. The number of hydrogen-bond acceptors (Lipinski definition) is 1. The van der Waals surface area contributed by atoms with Gasteiger partial charge in [-0.1, -0.05) is 66.2 Å². The lowest BCUT2D eigenvalue weighted by Crippen LogP contribution is -1.93. The molecule has 0 saturated carbocycles. The van der Waals surface area contributed by atoms with Crippen LogP contribution >= 0.6 is 11.6 Å². The van der Waals surface area contributed by atoms with E-state index in [1.54, 1.807) is 25.3 Å². The number of ether oxygens (including phenoxy) is 1. The Morgan fingerprint density at radius 3 is 2.42 bits per heavy atom. The van der Waals surface area contributed by atoms with Crippen molar-refractivity contribution in [1.29, 1.82) is 0 Å². The van der Waals surface area contributed by atoms with Gasteiger partial charge in [0.2, 0.25) is 0 Å². The van der Waals surface area contributed by atoms with Crippen molar-refractivity contribution < 1.29 is 9.13 Å². The van der Waals surface area contributed by atoms with Crippen molar-refractivity contribution in [2.75, 3.05) is 7.11 Å². The third kappa shape index (κ3) is 2.22. The van der Waals surface area contributed by atoms with Crippen LogP contribution in [-0.2, 0) is 0 Å². The van der Waals surface area contributed by atoms with Crippen LogP contribution in [-0.4, -0.2) is 7.11 Å². The zero-order valence-corrected chi connectivity index (χ0v) is 13.8. The molecule has 0 fully saturated rings. The molecule has 0 aliphatic carbocycles. The van der Waals surface area contributed by atoms with Gasteiger partial charge in [0.1, 0.15) is 11.6 Å². The van der Waals surface area contributed by atoms with Crippen molar-refractivity contribution in [2.24, 2.45) is 0 Å². The highest BCUT2D eigenvalue weighted by Crippen LogP contribution is 2.41. The van der Waals surface area contributed by atoms with Crippen LogP contribution in [0.3, 0.4) is 0 Å². The highest BCUT2D eigenvalue weighted by atomic mass is 35.5. The Morgan fingerprint density at radius 1 is 0.792 bits per heavy atom. The molecule has 0 bridgehead atoms. The number of fused-ring (bicyclic) bond motifs is 3. The molecule has 0 spiro atoms. The van der Waals surface area contributed by atoms with Gasteiger partial charge in [-0.05, 0) is 33.7 Å². The van der Waals surface area contributed by atoms with Gasteiger partial charge < -0.3 is 4.74 Å². The summed E-state index contributed by atoms with van der Waals surface area (Å²) in [5.41, 5.74) is 1.17. The summed E-state index contributed by atoms with van der Waals surface area (Å²) >= 11 is 5.99. The third-order valence-electron chi connectivity index (χ3n) is 4.33.